The van der Waals surface area contributed by atoms with E-state index < -0.39 is 0 Å². The number of hydrogen-bond acceptors (Lipinski definition) is 6. The molecule has 0 spiro atoms. The van der Waals surface area contributed by atoms with Crippen LogP contribution in [0.25, 0.3) is 0 Å². The minimum absolute atomic E-state index is 0.113. The van der Waals surface area contributed by atoms with Crippen LogP contribution in [0.5, 0.6) is 0 Å². The summed E-state index contributed by atoms with van der Waals surface area (Å²) in [5.41, 5.74) is 1.63. The van der Waals surface area contributed by atoms with Gasteiger partial charge in [-0.05, 0) is 88.7 Å². The second kappa shape index (κ2) is 13.1. The fourth-order valence-corrected chi connectivity index (χ4v) is 5.83. The normalized spacial score (nSPS) is 21.5. The highest BCUT2D eigenvalue weighted by atomic mass is 19.1. The molecule has 1 aliphatic carbocycles. The molecular weight excluding hydrogens is 467 g/mol. The summed E-state index contributed by atoms with van der Waals surface area (Å²) >= 11 is 0. The van der Waals surface area contributed by atoms with Crippen LogP contribution in [0.2, 0.25) is 0 Å². The molecule has 200 valence electrons. The van der Waals surface area contributed by atoms with Crippen LogP contribution in [0.3, 0.4) is 0 Å². The standard InChI is InChI=1S/C29H41FN6O/c1-5-28(13-15-29(16-14-28,35(2)3)24-9-8-10-25(30)19-24)36(17-6-7-18-37-4)26(32)12-11-23-21-33-27(20-31)34-22-23/h8-10,19,21-22,32H,5-7,11-18H2,1-4H3. The number of ether oxygens (including phenoxy) is 1. The summed E-state index contributed by atoms with van der Waals surface area (Å²) in [5, 5.41) is 18.1. The Morgan fingerprint density at radius 1 is 1.16 bits per heavy atom. The lowest BCUT2D eigenvalue weighted by Crippen LogP contribution is -2.57. The molecule has 0 atom stereocenters. The van der Waals surface area contributed by atoms with Crippen molar-refractivity contribution in [2.24, 2.45) is 0 Å². The first-order chi connectivity index (χ1) is 17.8. The molecule has 1 N–H and O–H groups in total. The number of aromatic nitrogens is 2. The minimum atomic E-state index is -0.218. The van der Waals surface area contributed by atoms with Crippen LogP contribution in [-0.2, 0) is 16.7 Å². The van der Waals surface area contributed by atoms with E-state index in [1.807, 2.05) is 18.2 Å². The highest BCUT2D eigenvalue weighted by molar-refractivity contribution is 5.80. The number of methoxy groups -OCH3 is 1. The summed E-state index contributed by atoms with van der Waals surface area (Å²) in [4.78, 5) is 12.7. The fourth-order valence-electron chi connectivity index (χ4n) is 5.83. The Balaban J connectivity index is 1.80. The second-order valence-electron chi connectivity index (χ2n) is 10.3. The number of nitrogens with one attached hydrogen (secondary N) is 1. The first-order valence-electron chi connectivity index (χ1n) is 13.3. The Morgan fingerprint density at radius 2 is 1.86 bits per heavy atom. The molecule has 0 unspecified atom stereocenters. The van der Waals surface area contributed by atoms with Crippen LogP contribution >= 0.6 is 0 Å². The van der Waals surface area contributed by atoms with Crippen molar-refractivity contribution in [3.05, 3.63) is 59.4 Å². The predicted octanol–water partition coefficient (Wildman–Crippen LogP) is 5.31. The van der Waals surface area contributed by atoms with E-state index in [2.05, 4.69) is 40.8 Å². The maximum atomic E-state index is 14.2. The Kier molecular flexibility index (Phi) is 10.1. The molecule has 0 amide bonds. The van der Waals surface area contributed by atoms with Crippen LogP contribution in [0.15, 0.2) is 36.7 Å². The van der Waals surface area contributed by atoms with Gasteiger partial charge in [0.15, 0.2) is 0 Å². The molecule has 8 heteroatoms. The Labute approximate surface area is 221 Å². The van der Waals surface area contributed by atoms with Crippen molar-refractivity contribution < 1.29 is 9.13 Å². The van der Waals surface area contributed by atoms with E-state index in [4.69, 9.17) is 15.4 Å². The van der Waals surface area contributed by atoms with E-state index in [1.54, 1.807) is 25.6 Å². The first-order valence-corrected chi connectivity index (χ1v) is 13.3. The van der Waals surface area contributed by atoms with Gasteiger partial charge in [-0.2, -0.15) is 5.26 Å². The van der Waals surface area contributed by atoms with Gasteiger partial charge in [-0.3, -0.25) is 10.3 Å². The Morgan fingerprint density at radius 3 is 2.43 bits per heavy atom. The van der Waals surface area contributed by atoms with Gasteiger partial charge >= 0.3 is 0 Å². The minimum Gasteiger partial charge on any atom is -0.385 e. The topological polar surface area (TPSA) is 89.1 Å². The van der Waals surface area contributed by atoms with Gasteiger partial charge in [0.2, 0.25) is 5.82 Å². The Bertz CT molecular complexity index is 1060. The van der Waals surface area contributed by atoms with Gasteiger partial charge in [-0.15, -0.1) is 0 Å². The van der Waals surface area contributed by atoms with E-state index in [-0.39, 0.29) is 22.7 Å². The van der Waals surface area contributed by atoms with Gasteiger partial charge in [0.25, 0.3) is 0 Å². The molecule has 0 saturated heterocycles. The average molecular weight is 509 g/mol. The lowest BCUT2D eigenvalue weighted by Gasteiger charge is -2.54. The molecule has 2 aromatic rings. The van der Waals surface area contributed by atoms with Crippen molar-refractivity contribution in [1.29, 1.82) is 10.7 Å². The van der Waals surface area contributed by atoms with Crippen LogP contribution in [0.1, 0.15) is 75.2 Å². The number of amidine groups is 1. The number of nitriles is 1. The van der Waals surface area contributed by atoms with E-state index in [1.165, 1.54) is 6.07 Å². The maximum absolute atomic E-state index is 14.2. The molecule has 1 fully saturated rings. The summed E-state index contributed by atoms with van der Waals surface area (Å²) in [6.45, 7) is 3.76. The quantitative estimate of drug-likeness (QED) is 0.238. The van der Waals surface area contributed by atoms with E-state index >= 15 is 0 Å². The zero-order valence-corrected chi connectivity index (χ0v) is 22.8. The number of nitrogens with zero attached hydrogens (tertiary/aromatic N) is 5. The number of unbranched alkanes of at least 4 members (excludes halogenated alkanes) is 1. The molecule has 7 nitrogen and oxygen atoms in total. The Hall–Kier alpha value is -2.89. The third kappa shape index (κ3) is 6.71. The highest BCUT2D eigenvalue weighted by Gasteiger charge is 2.47. The van der Waals surface area contributed by atoms with Gasteiger partial charge in [-0.1, -0.05) is 19.1 Å². The molecule has 1 saturated carbocycles. The van der Waals surface area contributed by atoms with Crippen LogP contribution < -0.4 is 0 Å². The number of benzene rings is 1. The van der Waals surface area contributed by atoms with Crippen molar-refractivity contribution in [3.63, 3.8) is 0 Å². The summed E-state index contributed by atoms with van der Waals surface area (Å²) in [5.74, 6) is 0.597. The van der Waals surface area contributed by atoms with E-state index in [0.29, 0.717) is 25.3 Å². The molecule has 1 heterocycles. The molecule has 0 radical (unpaired) electrons. The zero-order chi connectivity index (χ0) is 26.9. The second-order valence-corrected chi connectivity index (χ2v) is 10.3. The third-order valence-corrected chi connectivity index (χ3v) is 8.22. The van der Waals surface area contributed by atoms with Crippen molar-refractivity contribution in [1.82, 2.24) is 19.8 Å². The smallest absolute Gasteiger partial charge is 0.232 e. The molecule has 1 aliphatic rings. The van der Waals surface area contributed by atoms with Gasteiger partial charge in [0.05, 0.1) is 5.84 Å². The first kappa shape index (κ1) is 28.7. The lowest BCUT2D eigenvalue weighted by atomic mass is 9.67. The van der Waals surface area contributed by atoms with Crippen molar-refractivity contribution >= 4 is 5.84 Å². The molecular formula is C29H41FN6O. The van der Waals surface area contributed by atoms with Crippen LogP contribution in [0, 0.1) is 22.6 Å². The molecule has 1 aromatic carbocycles. The summed E-state index contributed by atoms with van der Waals surface area (Å²) < 4.78 is 19.5. The molecule has 0 bridgehead atoms. The SMILES string of the molecule is CCC1(N(CCCCOC)C(=N)CCc2cnc(C#N)nc2)CCC(c2cccc(F)c2)(N(C)C)CC1. The van der Waals surface area contributed by atoms with Crippen molar-refractivity contribution in [3.8, 4) is 6.07 Å². The number of aryl methyl sites for hydroxylation is 1. The van der Waals surface area contributed by atoms with E-state index in [0.717, 1.165) is 62.6 Å². The lowest BCUT2D eigenvalue weighted by molar-refractivity contribution is 0.0142. The molecule has 1 aromatic heterocycles. The van der Waals surface area contributed by atoms with Gasteiger partial charge in [-0.25, -0.2) is 14.4 Å². The number of rotatable bonds is 12. The fraction of sp³-hybridized carbons (Fsp3) is 0.586. The highest BCUT2D eigenvalue weighted by Crippen LogP contribution is 2.48. The molecule has 3 rings (SSSR count). The maximum Gasteiger partial charge on any atom is 0.232 e. The molecule has 0 aliphatic heterocycles. The van der Waals surface area contributed by atoms with Crippen molar-refractivity contribution in [2.75, 3.05) is 34.4 Å². The van der Waals surface area contributed by atoms with Crippen LogP contribution in [-0.4, -0.2) is 65.5 Å². The summed E-state index contributed by atoms with van der Waals surface area (Å²) in [6.07, 6.45) is 11.2. The van der Waals surface area contributed by atoms with Gasteiger partial charge < -0.3 is 9.64 Å². The summed E-state index contributed by atoms with van der Waals surface area (Å²) in [6, 6.07) is 9.00. The number of hydrogen-bond donors (Lipinski definition) is 1. The van der Waals surface area contributed by atoms with Gasteiger partial charge in [0.1, 0.15) is 11.9 Å². The third-order valence-electron chi connectivity index (χ3n) is 8.22. The number of halogens is 1. The zero-order valence-electron chi connectivity index (χ0n) is 22.8. The summed E-state index contributed by atoms with van der Waals surface area (Å²) in [7, 11) is 5.91. The van der Waals surface area contributed by atoms with E-state index in [9.17, 15) is 4.39 Å². The van der Waals surface area contributed by atoms with Crippen molar-refractivity contribution in [2.45, 2.75) is 75.8 Å². The molecule has 37 heavy (non-hydrogen) atoms. The monoisotopic (exact) mass is 508 g/mol. The van der Waals surface area contributed by atoms with Crippen LogP contribution in [0.4, 0.5) is 4.39 Å². The van der Waals surface area contributed by atoms with Gasteiger partial charge in [0, 0.05) is 50.2 Å². The largest absolute Gasteiger partial charge is 0.385 e. The predicted molar refractivity (Wildman–Crippen MR) is 144 cm³/mol. The average Bonchev–Trinajstić information content (AvgIpc) is 2.92.